The van der Waals surface area contributed by atoms with Crippen molar-refractivity contribution < 1.29 is 4.74 Å². The summed E-state index contributed by atoms with van der Waals surface area (Å²) in [7, 11) is 0. The minimum absolute atomic E-state index is 0.486. The first-order valence-electron chi connectivity index (χ1n) is 6.94. The van der Waals surface area contributed by atoms with Crippen molar-refractivity contribution in [2.24, 2.45) is 0 Å². The van der Waals surface area contributed by atoms with Crippen LogP contribution < -0.4 is 4.74 Å². The van der Waals surface area contributed by atoms with Gasteiger partial charge in [-0.3, -0.25) is 0 Å². The molecule has 0 atom stereocenters. The van der Waals surface area contributed by atoms with Gasteiger partial charge < -0.3 is 4.74 Å². The summed E-state index contributed by atoms with van der Waals surface area (Å²) in [6.07, 6.45) is 0. The van der Waals surface area contributed by atoms with Gasteiger partial charge in [0, 0.05) is 10.0 Å². The highest BCUT2D eigenvalue weighted by atomic mass is 79.9. The van der Waals surface area contributed by atoms with Crippen molar-refractivity contribution in [1.82, 2.24) is 20.2 Å². The zero-order valence-electron chi connectivity index (χ0n) is 12.1. The van der Waals surface area contributed by atoms with E-state index < -0.39 is 0 Å². The fourth-order valence-electron chi connectivity index (χ4n) is 2.07. The summed E-state index contributed by atoms with van der Waals surface area (Å²) in [5.74, 6) is 1.45. The largest absolute Gasteiger partial charge is 0.492 e. The molecule has 0 saturated carbocycles. The SMILES string of the molecule is Cc1ccccc1-c1nnn(CCOc2cccc(Br)c2)n1. The summed E-state index contributed by atoms with van der Waals surface area (Å²) >= 11 is 3.42. The summed E-state index contributed by atoms with van der Waals surface area (Å²) in [4.78, 5) is 1.56. The van der Waals surface area contributed by atoms with Crippen molar-refractivity contribution in [2.75, 3.05) is 6.61 Å². The van der Waals surface area contributed by atoms with Gasteiger partial charge in [-0.05, 0) is 35.9 Å². The Hall–Kier alpha value is -2.21. The molecule has 1 heterocycles. The van der Waals surface area contributed by atoms with Crippen LogP contribution in [0.4, 0.5) is 0 Å². The lowest BCUT2D eigenvalue weighted by Gasteiger charge is -2.05. The standard InChI is InChI=1S/C16H15BrN4O/c1-12-5-2-3-8-15(12)16-18-20-21(19-16)9-10-22-14-7-4-6-13(17)11-14/h2-8,11H,9-10H2,1H3. The fraction of sp³-hybridized carbons (Fsp3) is 0.188. The minimum atomic E-state index is 0.486. The molecular formula is C16H15BrN4O. The molecule has 0 saturated heterocycles. The van der Waals surface area contributed by atoms with Crippen molar-refractivity contribution in [3.8, 4) is 17.1 Å². The quantitative estimate of drug-likeness (QED) is 0.700. The summed E-state index contributed by atoms with van der Waals surface area (Å²) < 4.78 is 6.66. The van der Waals surface area contributed by atoms with Crippen LogP contribution in [0.3, 0.4) is 0 Å². The van der Waals surface area contributed by atoms with E-state index in [2.05, 4.69) is 31.3 Å². The third kappa shape index (κ3) is 3.51. The molecule has 0 unspecified atom stereocenters. The molecule has 0 spiro atoms. The van der Waals surface area contributed by atoms with Crippen molar-refractivity contribution in [2.45, 2.75) is 13.5 Å². The molecule has 5 nitrogen and oxygen atoms in total. The van der Waals surface area contributed by atoms with Crippen molar-refractivity contribution >= 4 is 15.9 Å². The van der Waals surface area contributed by atoms with Crippen LogP contribution in [0, 0.1) is 6.92 Å². The second kappa shape index (κ2) is 6.70. The van der Waals surface area contributed by atoms with Crippen LogP contribution in [-0.2, 0) is 6.54 Å². The Morgan fingerprint density at radius 3 is 2.82 bits per heavy atom. The maximum absolute atomic E-state index is 5.67. The predicted molar refractivity (Wildman–Crippen MR) is 87.6 cm³/mol. The number of hydrogen-bond acceptors (Lipinski definition) is 4. The number of aromatic nitrogens is 4. The first-order chi connectivity index (χ1) is 10.7. The lowest BCUT2D eigenvalue weighted by Crippen LogP contribution is -2.11. The first-order valence-corrected chi connectivity index (χ1v) is 7.74. The molecule has 0 aliphatic heterocycles. The number of nitrogens with zero attached hydrogens (tertiary/aromatic N) is 4. The van der Waals surface area contributed by atoms with Gasteiger partial charge in [0.2, 0.25) is 5.82 Å². The van der Waals surface area contributed by atoms with Gasteiger partial charge in [0.1, 0.15) is 12.4 Å². The highest BCUT2D eigenvalue weighted by molar-refractivity contribution is 9.10. The zero-order chi connectivity index (χ0) is 15.4. The Labute approximate surface area is 137 Å². The van der Waals surface area contributed by atoms with E-state index >= 15 is 0 Å². The van der Waals surface area contributed by atoms with Crippen LogP contribution in [0.15, 0.2) is 53.0 Å². The molecule has 0 aliphatic rings. The van der Waals surface area contributed by atoms with Gasteiger partial charge in [-0.1, -0.05) is 46.3 Å². The number of hydrogen-bond donors (Lipinski definition) is 0. The molecule has 22 heavy (non-hydrogen) atoms. The highest BCUT2D eigenvalue weighted by Crippen LogP contribution is 2.19. The molecule has 0 amide bonds. The Morgan fingerprint density at radius 1 is 1.14 bits per heavy atom. The summed E-state index contributed by atoms with van der Waals surface area (Å²) in [5.41, 5.74) is 2.13. The van der Waals surface area contributed by atoms with E-state index in [9.17, 15) is 0 Å². The first kappa shape index (κ1) is 14.7. The number of halogens is 1. The van der Waals surface area contributed by atoms with Gasteiger partial charge in [0.25, 0.3) is 0 Å². The van der Waals surface area contributed by atoms with E-state index in [-0.39, 0.29) is 0 Å². The summed E-state index contributed by atoms with van der Waals surface area (Å²) in [6, 6.07) is 15.7. The average Bonchev–Trinajstić information content (AvgIpc) is 2.96. The number of tetrazole rings is 1. The molecule has 3 aromatic rings. The third-order valence-electron chi connectivity index (χ3n) is 3.19. The average molecular weight is 359 g/mol. The van der Waals surface area contributed by atoms with Crippen LogP contribution in [0.25, 0.3) is 11.4 Å². The molecule has 1 aromatic heterocycles. The van der Waals surface area contributed by atoms with E-state index in [0.717, 1.165) is 21.3 Å². The van der Waals surface area contributed by atoms with Gasteiger partial charge in [-0.25, -0.2) is 0 Å². The monoisotopic (exact) mass is 358 g/mol. The lowest BCUT2D eigenvalue weighted by molar-refractivity contribution is 0.280. The van der Waals surface area contributed by atoms with E-state index in [1.165, 1.54) is 0 Å². The molecule has 6 heteroatoms. The molecule has 0 N–H and O–H groups in total. The number of ether oxygens (including phenoxy) is 1. The normalized spacial score (nSPS) is 10.6. The Bertz CT molecular complexity index is 772. The molecule has 3 rings (SSSR count). The van der Waals surface area contributed by atoms with Gasteiger partial charge >= 0.3 is 0 Å². The van der Waals surface area contributed by atoms with E-state index in [0.29, 0.717) is 19.0 Å². The Morgan fingerprint density at radius 2 is 2.00 bits per heavy atom. The van der Waals surface area contributed by atoms with Crippen LogP contribution in [0.5, 0.6) is 5.75 Å². The van der Waals surface area contributed by atoms with E-state index in [1.807, 2.05) is 55.5 Å². The number of aryl methyl sites for hydroxylation is 1. The smallest absolute Gasteiger partial charge is 0.205 e. The van der Waals surface area contributed by atoms with Gasteiger partial charge in [-0.15, -0.1) is 10.2 Å². The second-order valence-electron chi connectivity index (χ2n) is 4.83. The molecule has 0 fully saturated rings. The van der Waals surface area contributed by atoms with E-state index in [4.69, 9.17) is 4.74 Å². The summed E-state index contributed by atoms with van der Waals surface area (Å²) in [5, 5.41) is 12.6. The number of benzene rings is 2. The summed E-state index contributed by atoms with van der Waals surface area (Å²) in [6.45, 7) is 3.07. The van der Waals surface area contributed by atoms with Crippen LogP contribution in [0.2, 0.25) is 0 Å². The molecule has 0 radical (unpaired) electrons. The highest BCUT2D eigenvalue weighted by Gasteiger charge is 2.08. The maximum atomic E-state index is 5.67. The topological polar surface area (TPSA) is 52.8 Å². The maximum Gasteiger partial charge on any atom is 0.205 e. The minimum Gasteiger partial charge on any atom is -0.492 e. The van der Waals surface area contributed by atoms with Gasteiger partial charge in [-0.2, -0.15) is 4.80 Å². The van der Waals surface area contributed by atoms with Crippen LogP contribution in [0.1, 0.15) is 5.56 Å². The van der Waals surface area contributed by atoms with Gasteiger partial charge in [0.05, 0.1) is 6.54 Å². The van der Waals surface area contributed by atoms with Crippen LogP contribution >= 0.6 is 15.9 Å². The fourth-order valence-corrected chi connectivity index (χ4v) is 2.45. The molecule has 112 valence electrons. The van der Waals surface area contributed by atoms with E-state index in [1.54, 1.807) is 4.80 Å². The van der Waals surface area contributed by atoms with Crippen LogP contribution in [-0.4, -0.2) is 26.8 Å². The lowest BCUT2D eigenvalue weighted by atomic mass is 10.1. The molecule has 2 aromatic carbocycles. The number of rotatable bonds is 5. The third-order valence-corrected chi connectivity index (χ3v) is 3.69. The Balaban J connectivity index is 1.62. The van der Waals surface area contributed by atoms with Crippen molar-refractivity contribution in [3.63, 3.8) is 0 Å². The van der Waals surface area contributed by atoms with Gasteiger partial charge in [0.15, 0.2) is 0 Å². The second-order valence-corrected chi connectivity index (χ2v) is 5.75. The molecule has 0 aliphatic carbocycles. The van der Waals surface area contributed by atoms with Crippen molar-refractivity contribution in [1.29, 1.82) is 0 Å². The van der Waals surface area contributed by atoms with Crippen molar-refractivity contribution in [3.05, 3.63) is 58.6 Å². The molecule has 0 bridgehead atoms. The zero-order valence-corrected chi connectivity index (χ0v) is 13.7. The predicted octanol–water partition coefficient (Wildman–Crippen LogP) is 3.49. The molecular weight excluding hydrogens is 344 g/mol. The Kier molecular flexibility index (Phi) is 4.48.